The van der Waals surface area contributed by atoms with E-state index in [1.807, 2.05) is 0 Å². The van der Waals surface area contributed by atoms with Crippen molar-refractivity contribution >= 4 is 12.1 Å². The van der Waals surface area contributed by atoms with Crippen molar-refractivity contribution in [3.8, 4) is 0 Å². The van der Waals surface area contributed by atoms with E-state index in [2.05, 4.69) is 0 Å². The van der Waals surface area contributed by atoms with E-state index in [4.69, 9.17) is 4.74 Å². The molecule has 1 amide bonds. The number of benzene rings is 1. The van der Waals surface area contributed by atoms with E-state index >= 15 is 0 Å². The molecule has 2 rings (SSSR count). The molecule has 1 heterocycles. The molecule has 0 N–H and O–H groups in total. The van der Waals surface area contributed by atoms with Gasteiger partial charge in [0.05, 0.1) is 5.56 Å². The van der Waals surface area contributed by atoms with E-state index in [1.165, 1.54) is 17.0 Å². The quantitative estimate of drug-likeness (QED) is 0.814. The fourth-order valence-electron chi connectivity index (χ4n) is 2.80. The minimum Gasteiger partial charge on any atom is -0.550 e. The van der Waals surface area contributed by atoms with Crippen LogP contribution in [-0.4, -0.2) is 35.7 Å². The average Bonchev–Trinajstić information content (AvgIpc) is 2.90. The zero-order valence-electron chi connectivity index (χ0n) is 14.1. The molecule has 1 aliphatic heterocycles. The molecule has 1 aliphatic rings. The van der Waals surface area contributed by atoms with Gasteiger partial charge in [-0.15, -0.1) is 0 Å². The molecule has 0 aromatic heterocycles. The molecular formula is C17H19F3NO4-. The molecule has 138 valence electrons. The van der Waals surface area contributed by atoms with Gasteiger partial charge in [-0.3, -0.25) is 0 Å². The van der Waals surface area contributed by atoms with Crippen molar-refractivity contribution in [2.24, 2.45) is 5.92 Å². The number of nitrogens with zero attached hydrogens (tertiary/aromatic N) is 1. The summed E-state index contributed by atoms with van der Waals surface area (Å²) in [6, 6.07) is 4.48. The number of carboxylic acids is 1. The molecule has 0 unspecified atom stereocenters. The molecular weight excluding hydrogens is 339 g/mol. The standard InChI is InChI=1S/C17H20F3NO4/c1-16(2,3)25-15(24)21-8-12(13(9-21)14(22)23)10-5-4-6-11(7-10)17(18,19)20/h4-7,12-13H,8-9H2,1-3H3,(H,22,23)/p-1/t12-,13+/m0/s1. The smallest absolute Gasteiger partial charge is 0.416 e. The van der Waals surface area contributed by atoms with Gasteiger partial charge in [0.25, 0.3) is 0 Å². The van der Waals surface area contributed by atoms with Gasteiger partial charge in [-0.2, -0.15) is 13.2 Å². The molecule has 0 spiro atoms. The predicted molar refractivity (Wildman–Crippen MR) is 80.5 cm³/mol. The fourth-order valence-corrected chi connectivity index (χ4v) is 2.80. The number of likely N-dealkylation sites (tertiary alicyclic amines) is 1. The predicted octanol–water partition coefficient (Wildman–Crippen LogP) is 2.41. The molecule has 25 heavy (non-hydrogen) atoms. The lowest BCUT2D eigenvalue weighted by Gasteiger charge is -2.24. The molecule has 1 saturated heterocycles. The van der Waals surface area contributed by atoms with Crippen LogP contribution in [0.1, 0.15) is 37.8 Å². The molecule has 2 atom stereocenters. The maximum atomic E-state index is 12.9. The summed E-state index contributed by atoms with van der Waals surface area (Å²) in [5.74, 6) is -3.30. The van der Waals surface area contributed by atoms with Gasteiger partial charge in [0, 0.05) is 30.9 Å². The largest absolute Gasteiger partial charge is 0.550 e. The van der Waals surface area contributed by atoms with E-state index < -0.39 is 41.2 Å². The van der Waals surface area contributed by atoms with Gasteiger partial charge in [-0.1, -0.05) is 18.2 Å². The van der Waals surface area contributed by atoms with Gasteiger partial charge in [0.1, 0.15) is 5.60 Å². The lowest BCUT2D eigenvalue weighted by Crippen LogP contribution is -2.38. The zero-order chi connectivity index (χ0) is 19.0. The van der Waals surface area contributed by atoms with Gasteiger partial charge in [0.15, 0.2) is 0 Å². The Bertz CT molecular complexity index is 667. The van der Waals surface area contributed by atoms with Crippen LogP contribution < -0.4 is 5.11 Å². The first-order valence-corrected chi connectivity index (χ1v) is 7.74. The molecule has 1 aromatic carbocycles. The summed E-state index contributed by atoms with van der Waals surface area (Å²) in [6.45, 7) is 4.79. The molecule has 0 aliphatic carbocycles. The Hall–Kier alpha value is -2.25. The van der Waals surface area contributed by atoms with Crippen LogP contribution in [0.2, 0.25) is 0 Å². The summed E-state index contributed by atoms with van der Waals surface area (Å²) in [5.41, 5.74) is -1.42. The summed E-state index contributed by atoms with van der Waals surface area (Å²) >= 11 is 0. The monoisotopic (exact) mass is 358 g/mol. The SMILES string of the molecule is CC(C)(C)OC(=O)N1C[C@@H](C(=O)[O-])[C@H](c2cccc(C(F)(F)F)c2)C1. The van der Waals surface area contributed by atoms with Crippen LogP contribution in [0.25, 0.3) is 0 Å². The molecule has 1 aromatic rings. The van der Waals surface area contributed by atoms with E-state index in [0.29, 0.717) is 0 Å². The number of carbonyl (C=O) groups excluding carboxylic acids is 2. The minimum atomic E-state index is -4.53. The van der Waals surface area contributed by atoms with Crippen LogP contribution in [0.3, 0.4) is 0 Å². The van der Waals surface area contributed by atoms with Crippen molar-refractivity contribution < 1.29 is 32.6 Å². The molecule has 5 nitrogen and oxygen atoms in total. The van der Waals surface area contributed by atoms with Crippen molar-refractivity contribution in [3.63, 3.8) is 0 Å². The van der Waals surface area contributed by atoms with Crippen molar-refractivity contribution in [1.82, 2.24) is 4.90 Å². The van der Waals surface area contributed by atoms with Crippen LogP contribution in [0, 0.1) is 5.92 Å². The Balaban J connectivity index is 2.27. The highest BCUT2D eigenvalue weighted by molar-refractivity contribution is 5.74. The number of hydrogen-bond donors (Lipinski definition) is 0. The lowest BCUT2D eigenvalue weighted by atomic mass is 9.88. The van der Waals surface area contributed by atoms with Crippen LogP contribution in [0.5, 0.6) is 0 Å². The normalized spacial score (nSPS) is 21.3. The Morgan fingerprint density at radius 3 is 2.36 bits per heavy atom. The van der Waals surface area contributed by atoms with Crippen LogP contribution in [-0.2, 0) is 15.7 Å². The second-order valence-electron chi connectivity index (χ2n) is 7.04. The number of alkyl halides is 3. The number of ether oxygens (including phenoxy) is 1. The third-order valence-electron chi connectivity index (χ3n) is 3.92. The highest BCUT2D eigenvalue weighted by Crippen LogP contribution is 2.36. The molecule has 1 fully saturated rings. The molecule has 8 heteroatoms. The van der Waals surface area contributed by atoms with Gasteiger partial charge < -0.3 is 19.5 Å². The molecule has 0 bridgehead atoms. The second-order valence-corrected chi connectivity index (χ2v) is 7.04. The minimum absolute atomic E-state index is 0.0468. The van der Waals surface area contributed by atoms with E-state index in [9.17, 15) is 27.9 Å². The van der Waals surface area contributed by atoms with Crippen molar-refractivity contribution in [3.05, 3.63) is 35.4 Å². The van der Waals surface area contributed by atoms with Gasteiger partial charge in [-0.05, 0) is 32.4 Å². The Morgan fingerprint density at radius 1 is 1.20 bits per heavy atom. The van der Waals surface area contributed by atoms with E-state index in [0.717, 1.165) is 12.1 Å². The Morgan fingerprint density at radius 2 is 1.84 bits per heavy atom. The molecule has 0 saturated carbocycles. The Kier molecular flexibility index (Phi) is 5.02. The van der Waals surface area contributed by atoms with Gasteiger partial charge >= 0.3 is 12.3 Å². The van der Waals surface area contributed by atoms with Crippen molar-refractivity contribution in [2.75, 3.05) is 13.1 Å². The summed E-state index contributed by atoms with van der Waals surface area (Å²) in [6.07, 6.45) is -5.23. The maximum Gasteiger partial charge on any atom is 0.416 e. The van der Waals surface area contributed by atoms with E-state index in [-0.39, 0.29) is 18.7 Å². The van der Waals surface area contributed by atoms with Crippen LogP contribution in [0.4, 0.5) is 18.0 Å². The summed E-state index contributed by atoms with van der Waals surface area (Å²) < 4.78 is 43.9. The first-order chi connectivity index (χ1) is 11.4. The fraction of sp³-hybridized carbons (Fsp3) is 0.529. The third-order valence-corrected chi connectivity index (χ3v) is 3.92. The Labute approximate surface area is 143 Å². The molecule has 0 radical (unpaired) electrons. The number of amides is 1. The van der Waals surface area contributed by atoms with Crippen LogP contribution >= 0.6 is 0 Å². The first kappa shape index (κ1) is 19.1. The number of aliphatic carboxylic acids is 1. The number of carboxylic acid groups (broad SMARTS) is 1. The average molecular weight is 358 g/mol. The summed E-state index contributed by atoms with van der Waals surface area (Å²) in [5, 5.41) is 11.4. The van der Waals surface area contributed by atoms with Crippen molar-refractivity contribution in [1.29, 1.82) is 0 Å². The lowest BCUT2D eigenvalue weighted by molar-refractivity contribution is -0.311. The summed E-state index contributed by atoms with van der Waals surface area (Å²) in [7, 11) is 0. The van der Waals surface area contributed by atoms with Crippen LogP contribution in [0.15, 0.2) is 24.3 Å². The number of carbonyl (C=O) groups is 2. The topological polar surface area (TPSA) is 69.7 Å². The first-order valence-electron chi connectivity index (χ1n) is 7.74. The van der Waals surface area contributed by atoms with E-state index in [1.54, 1.807) is 20.8 Å². The maximum absolute atomic E-state index is 12.9. The third kappa shape index (κ3) is 4.64. The highest BCUT2D eigenvalue weighted by Gasteiger charge is 2.39. The second kappa shape index (κ2) is 6.57. The number of hydrogen-bond acceptors (Lipinski definition) is 4. The summed E-state index contributed by atoms with van der Waals surface area (Å²) in [4.78, 5) is 24.7. The van der Waals surface area contributed by atoms with Gasteiger partial charge in [-0.25, -0.2) is 4.79 Å². The highest BCUT2D eigenvalue weighted by atomic mass is 19.4. The number of rotatable bonds is 2. The zero-order valence-corrected chi connectivity index (χ0v) is 14.1. The van der Waals surface area contributed by atoms with Crippen molar-refractivity contribution in [2.45, 2.75) is 38.5 Å². The number of halogens is 3. The van der Waals surface area contributed by atoms with Gasteiger partial charge in [0.2, 0.25) is 0 Å².